The summed E-state index contributed by atoms with van der Waals surface area (Å²) < 4.78 is 0. The first-order valence-electron chi connectivity index (χ1n) is 5.72. The van der Waals surface area contributed by atoms with Gasteiger partial charge in [0.25, 0.3) is 0 Å². The number of benzene rings is 2. The van der Waals surface area contributed by atoms with Crippen LogP contribution in [0.4, 0.5) is 0 Å². The van der Waals surface area contributed by atoms with E-state index in [0.717, 1.165) is 16.7 Å². The smallest absolute Gasteiger partial charge is 0.140 e. The fourth-order valence-electron chi connectivity index (χ4n) is 1.89. The Hall–Kier alpha value is -2.30. The van der Waals surface area contributed by atoms with Gasteiger partial charge in [0.2, 0.25) is 0 Å². The van der Waals surface area contributed by atoms with Crippen molar-refractivity contribution in [2.24, 2.45) is 0 Å². The lowest BCUT2D eigenvalue weighted by Gasteiger charge is -2.13. The van der Waals surface area contributed by atoms with Crippen LogP contribution >= 0.6 is 0 Å². The average Bonchev–Trinajstić information content (AvgIpc) is 2.46. The number of aliphatic hydroxyl groups excluding tert-OH is 1. The highest BCUT2D eigenvalue weighted by atomic mass is 16.3. The molecule has 0 bridgehead atoms. The number of rotatable bonds is 3. The Kier molecular flexibility index (Phi) is 3.62. The molecule has 18 heavy (non-hydrogen) atoms. The van der Waals surface area contributed by atoms with Crippen molar-refractivity contribution >= 4 is 5.57 Å². The van der Waals surface area contributed by atoms with Gasteiger partial charge in [-0.05, 0) is 16.7 Å². The molecule has 1 N–H and O–H groups in total. The molecular formula is C17H14O. The predicted octanol–water partition coefficient (Wildman–Crippen LogP) is 3.41. The maximum atomic E-state index is 9.83. The summed E-state index contributed by atoms with van der Waals surface area (Å²) in [7, 11) is 0. The third-order valence-corrected chi connectivity index (χ3v) is 2.86. The van der Waals surface area contributed by atoms with Gasteiger partial charge in [-0.15, -0.1) is 6.42 Å². The van der Waals surface area contributed by atoms with Gasteiger partial charge in [-0.25, -0.2) is 0 Å². The van der Waals surface area contributed by atoms with Crippen molar-refractivity contribution in [3.63, 3.8) is 0 Å². The molecule has 0 saturated carbocycles. The van der Waals surface area contributed by atoms with Gasteiger partial charge < -0.3 is 5.11 Å². The van der Waals surface area contributed by atoms with Crippen LogP contribution in [0.1, 0.15) is 22.8 Å². The monoisotopic (exact) mass is 234 g/mol. The summed E-state index contributed by atoms with van der Waals surface area (Å²) in [5.74, 6) is 2.34. The van der Waals surface area contributed by atoms with Gasteiger partial charge >= 0.3 is 0 Å². The van der Waals surface area contributed by atoms with E-state index < -0.39 is 6.10 Å². The summed E-state index contributed by atoms with van der Waals surface area (Å²) >= 11 is 0. The minimum Gasteiger partial charge on any atom is -0.376 e. The van der Waals surface area contributed by atoms with E-state index >= 15 is 0 Å². The van der Waals surface area contributed by atoms with Crippen LogP contribution in [0.15, 0.2) is 61.2 Å². The van der Waals surface area contributed by atoms with Gasteiger partial charge in [0.15, 0.2) is 0 Å². The van der Waals surface area contributed by atoms with E-state index in [1.165, 1.54) is 0 Å². The largest absolute Gasteiger partial charge is 0.376 e. The highest BCUT2D eigenvalue weighted by Gasteiger charge is 2.12. The first kappa shape index (κ1) is 12.2. The standard InChI is InChI=1S/C17H14O/c1-3-17(18)16-12-8-7-11-15(16)13(2)14-9-5-4-6-10-14/h1,4-12,17-18H,2H2. The van der Waals surface area contributed by atoms with Crippen LogP contribution in [-0.4, -0.2) is 5.11 Å². The van der Waals surface area contributed by atoms with Crippen molar-refractivity contribution in [3.05, 3.63) is 77.9 Å². The molecule has 0 heterocycles. The lowest BCUT2D eigenvalue weighted by molar-refractivity contribution is 0.238. The lowest BCUT2D eigenvalue weighted by Crippen LogP contribution is -1.99. The maximum absolute atomic E-state index is 9.83. The Labute approximate surface area is 107 Å². The van der Waals surface area contributed by atoms with Crippen LogP contribution in [0.5, 0.6) is 0 Å². The maximum Gasteiger partial charge on any atom is 0.140 e. The molecule has 2 rings (SSSR count). The molecule has 1 nitrogen and oxygen atoms in total. The quantitative estimate of drug-likeness (QED) is 0.807. The van der Waals surface area contributed by atoms with E-state index in [1.54, 1.807) is 0 Å². The van der Waals surface area contributed by atoms with E-state index in [2.05, 4.69) is 12.5 Å². The van der Waals surface area contributed by atoms with Crippen LogP contribution in [0.3, 0.4) is 0 Å². The summed E-state index contributed by atoms with van der Waals surface area (Å²) in [6.07, 6.45) is 4.38. The van der Waals surface area contributed by atoms with E-state index in [4.69, 9.17) is 6.42 Å². The molecule has 1 heteroatoms. The molecule has 0 radical (unpaired) electrons. The average molecular weight is 234 g/mol. The molecule has 0 saturated heterocycles. The van der Waals surface area contributed by atoms with E-state index in [9.17, 15) is 5.11 Å². The Morgan fingerprint density at radius 2 is 1.67 bits per heavy atom. The zero-order valence-corrected chi connectivity index (χ0v) is 10.0. The first-order valence-corrected chi connectivity index (χ1v) is 5.72. The normalized spacial score (nSPS) is 11.6. The lowest BCUT2D eigenvalue weighted by atomic mass is 9.93. The summed E-state index contributed by atoms with van der Waals surface area (Å²) in [6, 6.07) is 17.4. The highest BCUT2D eigenvalue weighted by molar-refractivity contribution is 5.80. The topological polar surface area (TPSA) is 20.2 Å². The van der Waals surface area contributed by atoms with E-state index in [1.807, 2.05) is 54.6 Å². The van der Waals surface area contributed by atoms with Crippen LogP contribution in [0.25, 0.3) is 5.57 Å². The Bertz CT molecular complexity index is 591. The van der Waals surface area contributed by atoms with Gasteiger partial charge in [0.1, 0.15) is 6.10 Å². The molecule has 0 spiro atoms. The molecule has 0 aliphatic carbocycles. The van der Waals surface area contributed by atoms with Crippen LogP contribution in [0, 0.1) is 12.3 Å². The Morgan fingerprint density at radius 1 is 1.06 bits per heavy atom. The predicted molar refractivity (Wildman–Crippen MR) is 74.8 cm³/mol. The second-order valence-electron chi connectivity index (χ2n) is 4.00. The fraction of sp³-hybridized carbons (Fsp3) is 0.0588. The van der Waals surface area contributed by atoms with Crippen LogP contribution in [0.2, 0.25) is 0 Å². The first-order chi connectivity index (χ1) is 8.74. The van der Waals surface area contributed by atoms with Gasteiger partial charge in [-0.3, -0.25) is 0 Å². The summed E-state index contributed by atoms with van der Waals surface area (Å²) in [5, 5.41) is 9.83. The number of hydrogen-bond donors (Lipinski definition) is 1. The van der Waals surface area contributed by atoms with Gasteiger partial charge in [-0.2, -0.15) is 0 Å². The third kappa shape index (κ3) is 2.34. The van der Waals surface area contributed by atoms with Gasteiger partial charge in [-0.1, -0.05) is 67.1 Å². The minimum absolute atomic E-state index is 0.717. The molecule has 1 unspecified atom stereocenters. The molecule has 0 aromatic heterocycles. The Balaban J connectivity index is 2.47. The third-order valence-electron chi connectivity index (χ3n) is 2.86. The van der Waals surface area contributed by atoms with E-state index in [-0.39, 0.29) is 0 Å². The zero-order chi connectivity index (χ0) is 13.0. The molecule has 1 atom stereocenters. The Morgan fingerprint density at radius 3 is 2.33 bits per heavy atom. The fourth-order valence-corrected chi connectivity index (χ4v) is 1.89. The number of aliphatic hydroxyl groups is 1. The van der Waals surface area contributed by atoms with Gasteiger partial charge in [0, 0.05) is 5.56 Å². The van der Waals surface area contributed by atoms with Crippen molar-refractivity contribution in [3.8, 4) is 12.3 Å². The molecule has 0 aliphatic heterocycles. The molecule has 0 amide bonds. The summed E-state index contributed by atoms with van der Waals surface area (Å²) in [6.45, 7) is 4.09. The van der Waals surface area contributed by atoms with Crippen molar-refractivity contribution in [2.75, 3.05) is 0 Å². The molecule has 0 fully saturated rings. The minimum atomic E-state index is -0.901. The number of terminal acetylenes is 1. The molecule has 88 valence electrons. The van der Waals surface area contributed by atoms with Crippen molar-refractivity contribution in [1.82, 2.24) is 0 Å². The molecule has 2 aromatic rings. The van der Waals surface area contributed by atoms with Crippen molar-refractivity contribution in [1.29, 1.82) is 0 Å². The number of hydrogen-bond acceptors (Lipinski definition) is 1. The molecular weight excluding hydrogens is 220 g/mol. The second-order valence-corrected chi connectivity index (χ2v) is 4.00. The summed E-state index contributed by atoms with van der Waals surface area (Å²) in [5.41, 5.74) is 3.48. The zero-order valence-electron chi connectivity index (χ0n) is 10.0. The molecule has 0 aliphatic rings. The van der Waals surface area contributed by atoms with E-state index in [0.29, 0.717) is 5.56 Å². The molecule has 2 aromatic carbocycles. The van der Waals surface area contributed by atoms with Crippen LogP contribution in [-0.2, 0) is 0 Å². The van der Waals surface area contributed by atoms with Gasteiger partial charge in [0.05, 0.1) is 0 Å². The highest BCUT2D eigenvalue weighted by Crippen LogP contribution is 2.27. The SMILES string of the molecule is C#CC(O)c1ccccc1C(=C)c1ccccc1. The second kappa shape index (κ2) is 5.35. The van der Waals surface area contributed by atoms with Crippen LogP contribution < -0.4 is 0 Å². The summed E-state index contributed by atoms with van der Waals surface area (Å²) in [4.78, 5) is 0. The van der Waals surface area contributed by atoms with Crippen molar-refractivity contribution < 1.29 is 5.11 Å². The van der Waals surface area contributed by atoms with Crippen molar-refractivity contribution in [2.45, 2.75) is 6.10 Å².